The Morgan fingerprint density at radius 3 is 2.46 bits per heavy atom. The molecule has 0 saturated carbocycles. The van der Waals surface area contributed by atoms with E-state index in [0.29, 0.717) is 31.9 Å². The van der Waals surface area contributed by atoms with Crippen molar-refractivity contribution in [2.45, 2.75) is 77.3 Å². The summed E-state index contributed by atoms with van der Waals surface area (Å²) in [5.41, 5.74) is -1.40. The summed E-state index contributed by atoms with van der Waals surface area (Å²) in [5.74, 6) is -0.0733. The molecule has 0 unspecified atom stereocenters. The Morgan fingerprint density at radius 2 is 1.89 bits per heavy atom. The Morgan fingerprint density at radius 1 is 1.20 bits per heavy atom. The van der Waals surface area contributed by atoms with Crippen LogP contribution in [0.3, 0.4) is 0 Å². The van der Waals surface area contributed by atoms with Crippen LogP contribution in [0.5, 0.6) is 5.88 Å². The molecule has 1 aliphatic heterocycles. The predicted octanol–water partition coefficient (Wildman–Crippen LogP) is 5.50. The SMILES string of the molecule is COc1nc([C@H]2CCN(C(=O)OC(C)(C)C)C2)nc2c1c(C(F)(F)F)cn2COCC[Si](C)(C)C. The maximum atomic E-state index is 13.9. The van der Waals surface area contributed by atoms with Gasteiger partial charge in [0.1, 0.15) is 23.8 Å². The van der Waals surface area contributed by atoms with Crippen molar-refractivity contribution in [2.24, 2.45) is 0 Å². The molecule has 0 radical (unpaired) electrons. The molecule has 1 atom stereocenters. The van der Waals surface area contributed by atoms with Crippen LogP contribution >= 0.6 is 0 Å². The highest BCUT2D eigenvalue weighted by molar-refractivity contribution is 6.76. The topological polar surface area (TPSA) is 78.7 Å². The van der Waals surface area contributed by atoms with Crippen LogP contribution < -0.4 is 4.74 Å². The van der Waals surface area contributed by atoms with Crippen LogP contribution in [0.4, 0.5) is 18.0 Å². The van der Waals surface area contributed by atoms with Crippen molar-refractivity contribution in [3.05, 3.63) is 17.6 Å². The second-order valence-corrected chi connectivity index (χ2v) is 16.7. The minimum absolute atomic E-state index is 0.0641. The van der Waals surface area contributed by atoms with Crippen LogP contribution in [-0.2, 0) is 22.4 Å². The van der Waals surface area contributed by atoms with Crippen molar-refractivity contribution in [3.8, 4) is 5.88 Å². The van der Waals surface area contributed by atoms with Gasteiger partial charge in [0, 0.05) is 39.9 Å². The van der Waals surface area contributed by atoms with Crippen LogP contribution in [-0.4, -0.2) is 66.0 Å². The molecule has 12 heteroatoms. The van der Waals surface area contributed by atoms with Gasteiger partial charge in [0.2, 0.25) is 5.88 Å². The Labute approximate surface area is 204 Å². The number of fused-ring (bicyclic) bond motifs is 1. The molecule has 8 nitrogen and oxygen atoms in total. The number of rotatable bonds is 7. The molecule has 0 aromatic carbocycles. The van der Waals surface area contributed by atoms with Gasteiger partial charge in [-0.3, -0.25) is 0 Å². The van der Waals surface area contributed by atoms with E-state index in [4.69, 9.17) is 14.2 Å². The van der Waals surface area contributed by atoms with Gasteiger partial charge in [0.15, 0.2) is 0 Å². The van der Waals surface area contributed by atoms with E-state index in [1.165, 1.54) is 11.7 Å². The summed E-state index contributed by atoms with van der Waals surface area (Å²) in [6.07, 6.45) is -3.48. The zero-order valence-electron chi connectivity index (χ0n) is 21.5. The first-order valence-corrected chi connectivity index (χ1v) is 15.4. The van der Waals surface area contributed by atoms with Crippen molar-refractivity contribution in [3.63, 3.8) is 0 Å². The second-order valence-electron chi connectivity index (χ2n) is 11.1. The van der Waals surface area contributed by atoms with E-state index in [2.05, 4.69) is 29.6 Å². The first-order valence-electron chi connectivity index (χ1n) is 11.7. The molecule has 1 saturated heterocycles. The minimum Gasteiger partial charge on any atom is -0.480 e. The molecular formula is C23H35F3N4O4Si. The van der Waals surface area contributed by atoms with Crippen LogP contribution in [0.1, 0.15) is 44.5 Å². The lowest BCUT2D eigenvalue weighted by atomic mass is 10.1. The summed E-state index contributed by atoms with van der Waals surface area (Å²) in [6, 6.07) is 0.893. The molecule has 0 aliphatic carbocycles. The summed E-state index contributed by atoms with van der Waals surface area (Å²) in [5, 5.41) is -0.195. The third kappa shape index (κ3) is 6.87. The minimum atomic E-state index is -4.61. The Balaban J connectivity index is 1.92. The number of amides is 1. The molecule has 196 valence electrons. The van der Waals surface area contributed by atoms with Crippen LogP contribution in [0.15, 0.2) is 6.20 Å². The molecule has 2 aromatic heterocycles. The molecule has 1 amide bonds. The van der Waals surface area contributed by atoms with Gasteiger partial charge in [0.25, 0.3) is 0 Å². The number of nitrogens with zero attached hydrogens (tertiary/aromatic N) is 4. The third-order valence-electron chi connectivity index (χ3n) is 5.63. The van der Waals surface area contributed by atoms with E-state index in [1.807, 2.05) is 0 Å². The average molecular weight is 517 g/mol. The molecule has 0 bridgehead atoms. The Hall–Kier alpha value is -2.34. The van der Waals surface area contributed by atoms with Gasteiger partial charge in [0.05, 0.1) is 18.1 Å². The molecule has 3 heterocycles. The summed E-state index contributed by atoms with van der Waals surface area (Å²) in [6.45, 7) is 13.1. The Kier molecular flexibility index (Phi) is 7.75. The van der Waals surface area contributed by atoms with Crippen molar-refractivity contribution >= 4 is 25.2 Å². The zero-order valence-corrected chi connectivity index (χ0v) is 22.5. The largest absolute Gasteiger partial charge is 0.480 e. The number of carbonyl (C=O) groups is 1. The van der Waals surface area contributed by atoms with Crippen molar-refractivity contribution in [1.29, 1.82) is 0 Å². The molecule has 0 N–H and O–H groups in total. The molecule has 2 aromatic rings. The fraction of sp³-hybridized carbons (Fsp3) is 0.696. The zero-order chi connectivity index (χ0) is 26.2. The normalized spacial score (nSPS) is 17.3. The van der Waals surface area contributed by atoms with Crippen molar-refractivity contribution in [1.82, 2.24) is 19.4 Å². The maximum Gasteiger partial charge on any atom is 0.418 e. The van der Waals surface area contributed by atoms with Gasteiger partial charge in [-0.25, -0.2) is 9.78 Å². The van der Waals surface area contributed by atoms with Crippen LogP contribution in [0, 0.1) is 0 Å². The summed E-state index contributed by atoms with van der Waals surface area (Å²) < 4.78 is 59.4. The van der Waals surface area contributed by atoms with Gasteiger partial charge in [-0.15, -0.1) is 0 Å². The van der Waals surface area contributed by atoms with Crippen LogP contribution in [0.25, 0.3) is 11.0 Å². The van der Waals surface area contributed by atoms with Gasteiger partial charge in [-0.1, -0.05) is 19.6 Å². The summed E-state index contributed by atoms with van der Waals surface area (Å²) >= 11 is 0. The fourth-order valence-corrected chi connectivity index (χ4v) is 4.57. The highest BCUT2D eigenvalue weighted by atomic mass is 28.3. The second kappa shape index (κ2) is 9.96. The van der Waals surface area contributed by atoms with E-state index < -0.39 is 31.5 Å². The number of halogens is 3. The fourth-order valence-electron chi connectivity index (χ4n) is 3.82. The van der Waals surface area contributed by atoms with E-state index in [0.717, 1.165) is 12.2 Å². The molecule has 0 spiro atoms. The highest BCUT2D eigenvalue weighted by Gasteiger charge is 2.38. The number of likely N-dealkylation sites (tertiary alicyclic amines) is 1. The van der Waals surface area contributed by atoms with Crippen molar-refractivity contribution in [2.75, 3.05) is 26.8 Å². The number of hydrogen-bond donors (Lipinski definition) is 0. The van der Waals surface area contributed by atoms with E-state index in [-0.39, 0.29) is 29.6 Å². The number of methoxy groups -OCH3 is 1. The summed E-state index contributed by atoms with van der Waals surface area (Å²) in [7, 11) is -0.0618. The lowest BCUT2D eigenvalue weighted by Gasteiger charge is -2.24. The molecule has 1 fully saturated rings. The van der Waals surface area contributed by atoms with Gasteiger partial charge in [-0.2, -0.15) is 18.2 Å². The van der Waals surface area contributed by atoms with Crippen LogP contribution in [0.2, 0.25) is 25.7 Å². The van der Waals surface area contributed by atoms with Gasteiger partial charge >= 0.3 is 12.3 Å². The number of ether oxygens (including phenoxy) is 3. The van der Waals surface area contributed by atoms with E-state index in [1.54, 1.807) is 25.7 Å². The number of carbonyl (C=O) groups excluding carboxylic acids is 1. The molecule has 3 rings (SSSR count). The molecular weight excluding hydrogens is 481 g/mol. The predicted molar refractivity (Wildman–Crippen MR) is 128 cm³/mol. The lowest BCUT2D eigenvalue weighted by Crippen LogP contribution is -2.35. The molecule has 35 heavy (non-hydrogen) atoms. The maximum absolute atomic E-state index is 13.9. The lowest BCUT2D eigenvalue weighted by molar-refractivity contribution is -0.136. The number of hydrogen-bond acceptors (Lipinski definition) is 6. The quantitative estimate of drug-likeness (QED) is 0.357. The third-order valence-corrected chi connectivity index (χ3v) is 7.34. The Bertz CT molecular complexity index is 1060. The number of alkyl halides is 3. The average Bonchev–Trinajstić information content (AvgIpc) is 3.34. The smallest absolute Gasteiger partial charge is 0.418 e. The van der Waals surface area contributed by atoms with Gasteiger partial charge < -0.3 is 23.7 Å². The summed E-state index contributed by atoms with van der Waals surface area (Å²) in [4.78, 5) is 22.9. The van der Waals surface area contributed by atoms with Crippen molar-refractivity contribution < 1.29 is 32.2 Å². The van der Waals surface area contributed by atoms with E-state index >= 15 is 0 Å². The first kappa shape index (κ1) is 27.2. The molecule has 1 aliphatic rings. The number of aromatic nitrogens is 3. The monoisotopic (exact) mass is 516 g/mol. The highest BCUT2D eigenvalue weighted by Crippen LogP contribution is 2.40. The standard InChI is InChI=1S/C23H35F3N4O4Si/c1-22(2,3)34-21(31)29-9-8-15(12-29)18-27-19-17(20(28-18)32-4)16(23(24,25)26)13-30(19)14-33-10-11-35(5,6)7/h13,15H,8-12,14H2,1-7H3/t15-/m0/s1. The van der Waals surface area contributed by atoms with Gasteiger partial charge in [-0.05, 0) is 33.2 Å². The van der Waals surface area contributed by atoms with E-state index in [9.17, 15) is 18.0 Å². The first-order chi connectivity index (χ1) is 16.1.